The lowest BCUT2D eigenvalue weighted by Crippen LogP contribution is -2.24. The number of nitrogens with one attached hydrogen (secondary N) is 4. The molecule has 42 heavy (non-hydrogen) atoms. The summed E-state index contributed by atoms with van der Waals surface area (Å²) in [5, 5.41) is 13.4. The van der Waals surface area contributed by atoms with Crippen LogP contribution >= 0.6 is 0 Å². The Labute approximate surface area is 254 Å². The van der Waals surface area contributed by atoms with Crippen LogP contribution in [0.25, 0.3) is 0 Å². The summed E-state index contributed by atoms with van der Waals surface area (Å²) in [7, 11) is 0. The Balaban J connectivity index is 0.000000260. The number of benzene rings is 1. The highest BCUT2D eigenvalue weighted by Gasteiger charge is 2.34. The summed E-state index contributed by atoms with van der Waals surface area (Å²) in [6.07, 6.45) is 4.21. The minimum Gasteiger partial charge on any atom is -0.370 e. The molecule has 8 heteroatoms. The Bertz CT molecular complexity index is 1120. The van der Waals surface area contributed by atoms with Gasteiger partial charge in [-0.1, -0.05) is 85.7 Å². The molecule has 4 rings (SSSR count). The summed E-state index contributed by atoms with van der Waals surface area (Å²) in [6.45, 7) is 21.1. The summed E-state index contributed by atoms with van der Waals surface area (Å²) in [5.74, 6) is 6.68. The SMILES string of the molecule is CC(C)CNc1cc(C2CCC2c2ccccc2)nc(NCC(C)C)n1.CC(C)CNc1ccnc(NCC(C)C)n1. The molecule has 1 aliphatic rings. The van der Waals surface area contributed by atoms with Crippen LogP contribution in [0.5, 0.6) is 0 Å². The third kappa shape index (κ3) is 11.5. The highest BCUT2D eigenvalue weighted by molar-refractivity contribution is 5.45. The fraction of sp³-hybridized carbons (Fsp3) is 0.588. The number of nitrogens with zero attached hydrogens (tertiary/aromatic N) is 4. The number of anilines is 4. The average Bonchev–Trinajstić information content (AvgIpc) is 2.93. The fourth-order valence-electron chi connectivity index (χ4n) is 4.53. The topological polar surface area (TPSA) is 99.7 Å². The zero-order chi connectivity index (χ0) is 30.5. The summed E-state index contributed by atoms with van der Waals surface area (Å²) in [5.41, 5.74) is 2.59. The summed E-state index contributed by atoms with van der Waals surface area (Å²) >= 11 is 0. The first-order chi connectivity index (χ1) is 20.1. The minimum atomic E-state index is 0.486. The van der Waals surface area contributed by atoms with Gasteiger partial charge in [0, 0.05) is 44.4 Å². The molecule has 4 N–H and O–H groups in total. The first kappa shape index (κ1) is 33.1. The third-order valence-electron chi connectivity index (χ3n) is 7.00. The van der Waals surface area contributed by atoms with Crippen molar-refractivity contribution in [1.82, 2.24) is 19.9 Å². The zero-order valence-electron chi connectivity index (χ0n) is 27.1. The number of hydrogen-bond acceptors (Lipinski definition) is 8. The molecule has 1 aromatic carbocycles. The molecule has 8 nitrogen and oxygen atoms in total. The zero-order valence-corrected chi connectivity index (χ0v) is 27.1. The maximum Gasteiger partial charge on any atom is 0.224 e. The summed E-state index contributed by atoms with van der Waals surface area (Å²) < 4.78 is 0. The van der Waals surface area contributed by atoms with Crippen LogP contribution in [0, 0.1) is 23.7 Å². The molecule has 1 fully saturated rings. The van der Waals surface area contributed by atoms with Crippen molar-refractivity contribution in [2.24, 2.45) is 23.7 Å². The van der Waals surface area contributed by atoms with Gasteiger partial charge in [0.05, 0.1) is 5.69 Å². The monoisotopic (exact) mass is 574 g/mol. The lowest BCUT2D eigenvalue weighted by atomic mass is 9.68. The minimum absolute atomic E-state index is 0.486. The Morgan fingerprint density at radius 2 is 1.12 bits per heavy atom. The van der Waals surface area contributed by atoms with Crippen LogP contribution in [0.1, 0.15) is 91.3 Å². The lowest BCUT2D eigenvalue weighted by Gasteiger charge is -2.37. The van der Waals surface area contributed by atoms with Crippen LogP contribution in [0.3, 0.4) is 0 Å². The summed E-state index contributed by atoms with van der Waals surface area (Å²) in [4.78, 5) is 18.1. The van der Waals surface area contributed by atoms with Gasteiger partial charge >= 0.3 is 0 Å². The van der Waals surface area contributed by atoms with Crippen molar-refractivity contribution in [3.05, 3.63) is 59.9 Å². The molecule has 0 spiro atoms. The molecule has 230 valence electrons. The molecular formula is C34H54N8. The standard InChI is InChI=1S/C22H32N4.C12H22N4/c1-15(2)13-23-21-12-20(25-22(26-21)24-14-16(3)4)19-11-10-18(19)17-8-6-5-7-9-17;1-9(2)7-14-11-5-6-13-12(16-11)15-8-10(3)4/h5-9,12,15-16,18-19H,10-11,13-14H2,1-4H3,(H2,23,24,25,26);5-6,9-10H,7-8H2,1-4H3,(H2,13,14,15,16). The van der Waals surface area contributed by atoms with E-state index in [0.717, 1.165) is 49.5 Å². The van der Waals surface area contributed by atoms with Crippen LogP contribution in [0.2, 0.25) is 0 Å². The first-order valence-corrected chi connectivity index (χ1v) is 15.8. The van der Waals surface area contributed by atoms with E-state index < -0.39 is 0 Å². The van der Waals surface area contributed by atoms with E-state index in [1.54, 1.807) is 6.20 Å². The maximum absolute atomic E-state index is 4.87. The van der Waals surface area contributed by atoms with Crippen molar-refractivity contribution in [2.75, 3.05) is 47.4 Å². The van der Waals surface area contributed by atoms with Gasteiger partial charge in [-0.3, -0.25) is 0 Å². The van der Waals surface area contributed by atoms with E-state index in [0.29, 0.717) is 41.5 Å². The molecule has 1 saturated carbocycles. The van der Waals surface area contributed by atoms with Crippen molar-refractivity contribution >= 4 is 23.5 Å². The number of rotatable bonds is 14. The van der Waals surface area contributed by atoms with Crippen molar-refractivity contribution in [1.29, 1.82) is 0 Å². The highest BCUT2D eigenvalue weighted by atomic mass is 15.1. The van der Waals surface area contributed by atoms with Crippen LogP contribution in [-0.2, 0) is 0 Å². The molecule has 2 aromatic heterocycles. The molecule has 0 radical (unpaired) electrons. The van der Waals surface area contributed by atoms with E-state index >= 15 is 0 Å². The molecule has 3 aromatic rings. The quantitative estimate of drug-likeness (QED) is 0.154. The van der Waals surface area contributed by atoms with Gasteiger partial charge in [0.2, 0.25) is 11.9 Å². The van der Waals surface area contributed by atoms with Gasteiger partial charge in [0.15, 0.2) is 0 Å². The third-order valence-corrected chi connectivity index (χ3v) is 7.00. The Hall–Kier alpha value is -3.42. The predicted molar refractivity (Wildman–Crippen MR) is 179 cm³/mol. The largest absolute Gasteiger partial charge is 0.370 e. The van der Waals surface area contributed by atoms with E-state index in [4.69, 9.17) is 4.98 Å². The lowest BCUT2D eigenvalue weighted by molar-refractivity contribution is 0.340. The van der Waals surface area contributed by atoms with Gasteiger partial charge < -0.3 is 21.3 Å². The highest BCUT2D eigenvalue weighted by Crippen LogP contribution is 2.48. The van der Waals surface area contributed by atoms with Crippen molar-refractivity contribution in [2.45, 2.75) is 80.1 Å². The van der Waals surface area contributed by atoms with Crippen LogP contribution in [0.4, 0.5) is 23.5 Å². The van der Waals surface area contributed by atoms with Gasteiger partial charge in [-0.2, -0.15) is 9.97 Å². The fourth-order valence-corrected chi connectivity index (χ4v) is 4.53. The molecule has 0 aliphatic heterocycles. The second-order valence-corrected chi connectivity index (χ2v) is 13.1. The molecule has 0 saturated heterocycles. The number of aromatic nitrogens is 4. The van der Waals surface area contributed by atoms with Crippen molar-refractivity contribution < 1.29 is 0 Å². The van der Waals surface area contributed by atoms with Gasteiger partial charge in [-0.15, -0.1) is 0 Å². The Morgan fingerprint density at radius 1 is 0.595 bits per heavy atom. The van der Waals surface area contributed by atoms with Gasteiger partial charge in [0.1, 0.15) is 11.6 Å². The maximum atomic E-state index is 4.87. The summed E-state index contributed by atoms with van der Waals surface area (Å²) in [6, 6.07) is 14.9. The molecule has 2 atom stereocenters. The van der Waals surface area contributed by atoms with Gasteiger partial charge in [0.25, 0.3) is 0 Å². The van der Waals surface area contributed by atoms with Crippen molar-refractivity contribution in [3.63, 3.8) is 0 Å². The van der Waals surface area contributed by atoms with E-state index in [1.165, 1.54) is 18.4 Å². The van der Waals surface area contributed by atoms with Gasteiger partial charge in [-0.05, 0) is 54.1 Å². The van der Waals surface area contributed by atoms with E-state index in [1.807, 2.05) is 6.07 Å². The second-order valence-electron chi connectivity index (χ2n) is 13.1. The smallest absolute Gasteiger partial charge is 0.224 e. The van der Waals surface area contributed by atoms with E-state index in [2.05, 4.69) is 128 Å². The van der Waals surface area contributed by atoms with Crippen LogP contribution in [0.15, 0.2) is 48.7 Å². The average molecular weight is 575 g/mol. The molecule has 0 bridgehead atoms. The molecule has 2 heterocycles. The van der Waals surface area contributed by atoms with Gasteiger partial charge in [-0.25, -0.2) is 9.97 Å². The first-order valence-electron chi connectivity index (χ1n) is 15.8. The second kappa shape index (κ2) is 16.9. The number of hydrogen-bond donors (Lipinski definition) is 4. The molecule has 2 unspecified atom stereocenters. The van der Waals surface area contributed by atoms with E-state index in [-0.39, 0.29) is 0 Å². The molecule has 0 amide bonds. The molecular weight excluding hydrogens is 520 g/mol. The molecule has 1 aliphatic carbocycles. The Morgan fingerprint density at radius 3 is 1.69 bits per heavy atom. The van der Waals surface area contributed by atoms with Crippen LogP contribution in [-0.4, -0.2) is 46.1 Å². The van der Waals surface area contributed by atoms with Crippen LogP contribution < -0.4 is 21.3 Å². The van der Waals surface area contributed by atoms with Crippen molar-refractivity contribution in [3.8, 4) is 0 Å². The normalized spacial score (nSPS) is 16.2. The van der Waals surface area contributed by atoms with E-state index in [9.17, 15) is 0 Å². The Kier molecular flexibility index (Phi) is 13.3. The predicted octanol–water partition coefficient (Wildman–Crippen LogP) is 7.89.